The van der Waals surface area contributed by atoms with Crippen LogP contribution in [0, 0.1) is 20.8 Å². The van der Waals surface area contributed by atoms with Gasteiger partial charge in [-0.1, -0.05) is 59.3 Å². The molecule has 5 aromatic rings. The molecule has 0 saturated heterocycles. The van der Waals surface area contributed by atoms with E-state index in [-0.39, 0.29) is 11.5 Å². The third kappa shape index (κ3) is 4.12. The van der Waals surface area contributed by atoms with Gasteiger partial charge in [-0.15, -0.1) is 21.5 Å². The van der Waals surface area contributed by atoms with E-state index < -0.39 is 0 Å². The van der Waals surface area contributed by atoms with Crippen LogP contribution in [0.2, 0.25) is 5.02 Å². The molecule has 0 aliphatic rings. The highest BCUT2D eigenvalue weighted by molar-refractivity contribution is 7.99. The van der Waals surface area contributed by atoms with Crippen molar-refractivity contribution in [1.82, 2.24) is 14.8 Å². The molecule has 0 bridgehead atoms. The Bertz CT molecular complexity index is 1480. The van der Waals surface area contributed by atoms with Gasteiger partial charge in [-0.05, 0) is 45.0 Å². The smallest absolute Gasteiger partial charge is 0.277 e. The van der Waals surface area contributed by atoms with E-state index in [2.05, 4.69) is 46.0 Å². The summed E-state index contributed by atoms with van der Waals surface area (Å²) in [6, 6.07) is 18.1. The number of carbonyl (C=O) groups excluding carboxylic acids is 1. The summed E-state index contributed by atoms with van der Waals surface area (Å²) in [4.78, 5) is 13.7. The molecule has 0 spiro atoms. The highest BCUT2D eigenvalue weighted by Gasteiger charge is 2.20. The predicted molar refractivity (Wildman–Crippen MR) is 135 cm³/mol. The molecule has 2 aromatic carbocycles. The van der Waals surface area contributed by atoms with Gasteiger partial charge < -0.3 is 8.98 Å². The molecule has 0 aliphatic heterocycles. The molecule has 0 saturated carbocycles. The van der Waals surface area contributed by atoms with E-state index >= 15 is 0 Å². The first-order valence-corrected chi connectivity index (χ1v) is 12.5. The normalized spacial score (nSPS) is 11.4. The number of fused-ring (bicyclic) bond motifs is 1. The average molecular weight is 494 g/mol. The van der Waals surface area contributed by atoms with Gasteiger partial charge in [-0.3, -0.25) is 4.79 Å². The molecule has 3 heterocycles. The Kier molecular flexibility index (Phi) is 5.86. The van der Waals surface area contributed by atoms with Crippen molar-refractivity contribution in [2.45, 2.75) is 26.0 Å². The standard InChI is InChI=1S/C25H20ClN3O2S2/c1-14-8-10-17(11-9-14)29-15(2)12-19(16(29)3)20(30)13-32-25-28-27-24(31-25)23-22(26)18-6-4-5-7-21(18)33-23/h4-12H,13H2,1-3H3. The molecule has 0 radical (unpaired) electrons. The summed E-state index contributed by atoms with van der Waals surface area (Å²) in [6.07, 6.45) is 0. The summed E-state index contributed by atoms with van der Waals surface area (Å²) in [5.41, 5.74) is 4.89. The lowest BCUT2D eigenvalue weighted by Gasteiger charge is -2.10. The topological polar surface area (TPSA) is 60.9 Å². The minimum atomic E-state index is 0.0195. The van der Waals surface area contributed by atoms with Crippen molar-refractivity contribution >= 4 is 50.6 Å². The number of nitrogens with zero attached hydrogens (tertiary/aromatic N) is 3. The number of thiophene rings is 1. The maximum Gasteiger partial charge on any atom is 0.277 e. The fourth-order valence-electron chi connectivity index (χ4n) is 3.85. The van der Waals surface area contributed by atoms with Crippen molar-refractivity contribution in [3.63, 3.8) is 0 Å². The quantitative estimate of drug-likeness (QED) is 0.183. The summed E-state index contributed by atoms with van der Waals surface area (Å²) < 4.78 is 8.98. The minimum Gasteiger partial charge on any atom is -0.410 e. The first-order chi connectivity index (χ1) is 15.9. The van der Waals surface area contributed by atoms with E-state index in [1.54, 1.807) is 0 Å². The molecule has 0 fully saturated rings. The van der Waals surface area contributed by atoms with Crippen molar-refractivity contribution in [2.24, 2.45) is 0 Å². The maximum absolute atomic E-state index is 13.0. The second-order valence-electron chi connectivity index (χ2n) is 7.78. The maximum atomic E-state index is 13.0. The second-order valence-corrected chi connectivity index (χ2v) is 10.1. The van der Waals surface area contributed by atoms with Gasteiger partial charge in [0, 0.05) is 32.7 Å². The van der Waals surface area contributed by atoms with Crippen LogP contribution in [0.3, 0.4) is 0 Å². The zero-order valence-corrected chi connectivity index (χ0v) is 20.6. The summed E-state index contributed by atoms with van der Waals surface area (Å²) >= 11 is 9.27. The molecule has 166 valence electrons. The zero-order valence-electron chi connectivity index (χ0n) is 18.3. The van der Waals surface area contributed by atoms with E-state index in [4.69, 9.17) is 16.0 Å². The van der Waals surface area contributed by atoms with Gasteiger partial charge in [0.05, 0.1) is 10.8 Å². The van der Waals surface area contributed by atoms with Crippen LogP contribution in [0.1, 0.15) is 27.3 Å². The molecule has 8 heteroatoms. The molecule has 0 aliphatic carbocycles. The van der Waals surface area contributed by atoms with Crippen molar-refractivity contribution in [1.29, 1.82) is 0 Å². The highest BCUT2D eigenvalue weighted by Crippen LogP contribution is 2.41. The number of aryl methyl sites for hydroxylation is 2. The van der Waals surface area contributed by atoms with Gasteiger partial charge in [-0.2, -0.15) is 0 Å². The number of hydrogen-bond acceptors (Lipinski definition) is 6. The van der Waals surface area contributed by atoms with Crippen molar-refractivity contribution in [2.75, 3.05) is 5.75 Å². The number of Topliss-reactive ketones (excluding diaryl/α,β-unsaturated/α-hetero) is 1. The Morgan fingerprint density at radius 2 is 1.85 bits per heavy atom. The van der Waals surface area contributed by atoms with Crippen LogP contribution in [-0.2, 0) is 0 Å². The third-order valence-corrected chi connectivity index (χ3v) is 7.97. The fourth-order valence-corrected chi connectivity index (χ4v) is 5.93. The van der Waals surface area contributed by atoms with Crippen molar-refractivity contribution < 1.29 is 9.21 Å². The van der Waals surface area contributed by atoms with Crippen molar-refractivity contribution in [3.8, 4) is 16.5 Å². The van der Waals surface area contributed by atoms with Gasteiger partial charge >= 0.3 is 0 Å². The predicted octanol–water partition coefficient (Wildman–Crippen LogP) is 7.30. The van der Waals surface area contributed by atoms with Gasteiger partial charge in [-0.25, -0.2) is 0 Å². The van der Waals surface area contributed by atoms with E-state index in [1.165, 1.54) is 28.7 Å². The Balaban J connectivity index is 1.33. The number of thioether (sulfide) groups is 1. The van der Waals surface area contributed by atoms with E-state index in [9.17, 15) is 4.79 Å². The Morgan fingerprint density at radius 3 is 2.61 bits per heavy atom. The molecule has 0 atom stereocenters. The molecule has 33 heavy (non-hydrogen) atoms. The monoisotopic (exact) mass is 493 g/mol. The Morgan fingerprint density at radius 1 is 1.09 bits per heavy atom. The van der Waals surface area contributed by atoms with Crippen LogP contribution in [0.5, 0.6) is 0 Å². The molecule has 5 nitrogen and oxygen atoms in total. The fraction of sp³-hybridized carbons (Fsp3) is 0.160. The summed E-state index contributed by atoms with van der Waals surface area (Å²) in [5.74, 6) is 0.597. The number of carbonyl (C=O) groups is 1. The number of ketones is 1. The summed E-state index contributed by atoms with van der Waals surface area (Å²) in [7, 11) is 0. The molecule has 0 N–H and O–H groups in total. The van der Waals surface area contributed by atoms with Gasteiger partial charge in [0.2, 0.25) is 0 Å². The Labute approximate surface area is 204 Å². The lowest BCUT2D eigenvalue weighted by molar-refractivity contribution is 0.102. The molecule has 0 amide bonds. The van der Waals surface area contributed by atoms with Crippen LogP contribution in [-0.4, -0.2) is 26.3 Å². The average Bonchev–Trinajstić information content (AvgIpc) is 3.49. The highest BCUT2D eigenvalue weighted by atomic mass is 35.5. The molecular weight excluding hydrogens is 474 g/mol. The minimum absolute atomic E-state index is 0.0195. The second kappa shape index (κ2) is 8.82. The van der Waals surface area contributed by atoms with E-state index in [1.807, 2.05) is 44.2 Å². The lowest BCUT2D eigenvalue weighted by atomic mass is 10.2. The summed E-state index contributed by atoms with van der Waals surface area (Å²) in [5, 5.41) is 10.2. The molecular formula is C25H20ClN3O2S2. The molecule has 0 unspecified atom stereocenters. The number of rotatable bonds is 6. The molecule has 5 rings (SSSR count). The number of halogens is 1. The van der Waals surface area contributed by atoms with Gasteiger partial charge in [0.1, 0.15) is 4.88 Å². The third-order valence-electron chi connectivity index (χ3n) is 5.49. The van der Waals surface area contributed by atoms with Crippen LogP contribution in [0.25, 0.3) is 26.5 Å². The lowest BCUT2D eigenvalue weighted by Crippen LogP contribution is -2.05. The van der Waals surface area contributed by atoms with E-state index in [0.29, 0.717) is 21.7 Å². The van der Waals surface area contributed by atoms with E-state index in [0.717, 1.165) is 32.0 Å². The van der Waals surface area contributed by atoms with Crippen LogP contribution in [0.15, 0.2) is 64.2 Å². The first-order valence-electron chi connectivity index (χ1n) is 10.4. The SMILES string of the molecule is Cc1ccc(-n2c(C)cc(C(=O)CSc3nnc(-c4sc5ccccc5c4Cl)o3)c2C)cc1. The van der Waals surface area contributed by atoms with Crippen LogP contribution < -0.4 is 0 Å². The molecule has 3 aromatic heterocycles. The number of aromatic nitrogens is 3. The number of hydrogen-bond donors (Lipinski definition) is 0. The Hall–Kier alpha value is -2.87. The number of benzene rings is 2. The van der Waals surface area contributed by atoms with Crippen LogP contribution >= 0.6 is 34.7 Å². The van der Waals surface area contributed by atoms with Crippen molar-refractivity contribution in [3.05, 3.63) is 82.1 Å². The summed E-state index contributed by atoms with van der Waals surface area (Å²) in [6.45, 7) is 6.04. The van der Waals surface area contributed by atoms with Crippen LogP contribution in [0.4, 0.5) is 0 Å². The van der Waals surface area contributed by atoms with Gasteiger partial charge in [0.25, 0.3) is 11.1 Å². The largest absolute Gasteiger partial charge is 0.410 e. The van der Waals surface area contributed by atoms with Gasteiger partial charge in [0.15, 0.2) is 5.78 Å². The first kappa shape index (κ1) is 21.9. The zero-order chi connectivity index (χ0) is 23.1.